The van der Waals surface area contributed by atoms with Crippen LogP contribution in [0.15, 0.2) is 0 Å². The molecule has 2 amide bonds. The van der Waals surface area contributed by atoms with E-state index in [4.69, 9.17) is 5.11 Å². The van der Waals surface area contributed by atoms with E-state index in [-0.39, 0.29) is 35.6 Å². The zero-order chi connectivity index (χ0) is 17.8. The average Bonchev–Trinajstić information content (AvgIpc) is 3.16. The van der Waals surface area contributed by atoms with E-state index in [1.165, 1.54) is 0 Å². The number of carbonyl (C=O) groups excluding carboxylic acids is 2. The van der Waals surface area contributed by atoms with E-state index in [9.17, 15) is 14.4 Å². The molecule has 3 aliphatic rings. The van der Waals surface area contributed by atoms with Gasteiger partial charge in [-0.2, -0.15) is 0 Å². The quantitative estimate of drug-likeness (QED) is 0.813. The topological polar surface area (TPSA) is 86.7 Å². The molecule has 1 aliphatic heterocycles. The third-order valence-electron chi connectivity index (χ3n) is 6.26. The molecule has 0 bridgehead atoms. The van der Waals surface area contributed by atoms with Crippen molar-refractivity contribution in [3.8, 4) is 0 Å². The monoisotopic (exact) mass is 350 g/mol. The first kappa shape index (κ1) is 18.2. The number of nitrogens with one attached hydrogen (secondary N) is 1. The molecule has 0 radical (unpaired) electrons. The molecule has 1 saturated heterocycles. The van der Waals surface area contributed by atoms with E-state index in [0.717, 1.165) is 64.5 Å². The van der Waals surface area contributed by atoms with Crippen LogP contribution in [0.5, 0.6) is 0 Å². The molecule has 2 aliphatic carbocycles. The molecule has 3 rings (SSSR count). The van der Waals surface area contributed by atoms with Gasteiger partial charge in [0, 0.05) is 31.0 Å². The first-order chi connectivity index (χ1) is 12.1. The van der Waals surface area contributed by atoms with Gasteiger partial charge in [-0.05, 0) is 51.4 Å². The molecular weight excluding hydrogens is 320 g/mol. The van der Waals surface area contributed by atoms with Gasteiger partial charge >= 0.3 is 5.97 Å². The normalized spacial score (nSPS) is 33.0. The third-order valence-corrected chi connectivity index (χ3v) is 6.26. The Bertz CT molecular complexity index is 508. The van der Waals surface area contributed by atoms with Crippen molar-refractivity contribution in [1.82, 2.24) is 10.2 Å². The summed E-state index contributed by atoms with van der Waals surface area (Å²) in [5, 5.41) is 12.2. The fraction of sp³-hybridized carbons (Fsp3) is 0.842. The Morgan fingerprint density at radius 2 is 1.40 bits per heavy atom. The number of hydrogen-bond donors (Lipinski definition) is 2. The van der Waals surface area contributed by atoms with Gasteiger partial charge in [-0.15, -0.1) is 0 Å². The Kier molecular flexibility index (Phi) is 5.97. The van der Waals surface area contributed by atoms with Gasteiger partial charge in [-0.1, -0.05) is 12.8 Å². The zero-order valence-electron chi connectivity index (χ0n) is 14.9. The van der Waals surface area contributed by atoms with Crippen LogP contribution in [0.4, 0.5) is 0 Å². The Balaban J connectivity index is 1.55. The molecule has 3 fully saturated rings. The van der Waals surface area contributed by atoms with Gasteiger partial charge in [0.2, 0.25) is 11.8 Å². The Morgan fingerprint density at radius 1 is 0.800 bits per heavy atom. The van der Waals surface area contributed by atoms with E-state index >= 15 is 0 Å². The van der Waals surface area contributed by atoms with Crippen LogP contribution >= 0.6 is 0 Å². The lowest BCUT2D eigenvalue weighted by molar-refractivity contribution is -0.144. The number of rotatable bonds is 4. The van der Waals surface area contributed by atoms with Crippen LogP contribution in [0.2, 0.25) is 0 Å². The molecule has 2 N–H and O–H groups in total. The highest BCUT2D eigenvalue weighted by atomic mass is 16.4. The van der Waals surface area contributed by atoms with E-state index in [0.29, 0.717) is 12.8 Å². The summed E-state index contributed by atoms with van der Waals surface area (Å²) in [4.78, 5) is 38.6. The summed E-state index contributed by atoms with van der Waals surface area (Å²) < 4.78 is 0. The number of nitrogens with zero attached hydrogens (tertiary/aromatic N) is 1. The largest absolute Gasteiger partial charge is 0.481 e. The predicted octanol–water partition coefficient (Wildman–Crippen LogP) is 2.17. The fourth-order valence-electron chi connectivity index (χ4n) is 4.71. The van der Waals surface area contributed by atoms with Crippen LogP contribution in [0, 0.1) is 17.8 Å². The molecule has 2 saturated carbocycles. The summed E-state index contributed by atoms with van der Waals surface area (Å²) >= 11 is 0. The number of likely N-dealkylation sites (tertiary alicyclic amines) is 1. The highest BCUT2D eigenvalue weighted by Gasteiger charge is 2.39. The van der Waals surface area contributed by atoms with E-state index in [2.05, 4.69) is 5.32 Å². The molecule has 0 aromatic carbocycles. The Labute approximate surface area is 149 Å². The lowest BCUT2D eigenvalue weighted by Crippen LogP contribution is -2.47. The number of aliphatic carboxylic acids is 1. The van der Waals surface area contributed by atoms with Gasteiger partial charge in [-0.3, -0.25) is 14.4 Å². The maximum absolute atomic E-state index is 12.8. The molecule has 6 heteroatoms. The van der Waals surface area contributed by atoms with Gasteiger partial charge in [0.25, 0.3) is 0 Å². The minimum Gasteiger partial charge on any atom is -0.481 e. The van der Waals surface area contributed by atoms with Gasteiger partial charge in [0.15, 0.2) is 0 Å². The lowest BCUT2D eigenvalue weighted by Gasteiger charge is -2.34. The predicted molar refractivity (Wildman–Crippen MR) is 92.8 cm³/mol. The van der Waals surface area contributed by atoms with E-state index < -0.39 is 5.97 Å². The molecule has 0 aromatic rings. The van der Waals surface area contributed by atoms with Crippen LogP contribution in [0.3, 0.4) is 0 Å². The van der Waals surface area contributed by atoms with Gasteiger partial charge in [0.05, 0.1) is 5.92 Å². The minimum atomic E-state index is -0.728. The van der Waals surface area contributed by atoms with Crippen molar-refractivity contribution >= 4 is 17.8 Å². The summed E-state index contributed by atoms with van der Waals surface area (Å²) in [6.45, 7) is 1.67. The maximum atomic E-state index is 12.8. The molecule has 6 nitrogen and oxygen atoms in total. The van der Waals surface area contributed by atoms with Crippen LogP contribution in [-0.4, -0.2) is 46.9 Å². The summed E-state index contributed by atoms with van der Waals surface area (Å²) in [6, 6.07) is 0.0626. The molecule has 2 atom stereocenters. The Morgan fingerprint density at radius 3 is 2.00 bits per heavy atom. The molecule has 25 heavy (non-hydrogen) atoms. The maximum Gasteiger partial charge on any atom is 0.306 e. The summed E-state index contributed by atoms with van der Waals surface area (Å²) in [5.41, 5.74) is 0. The van der Waals surface area contributed by atoms with Crippen molar-refractivity contribution in [2.24, 2.45) is 17.8 Å². The minimum absolute atomic E-state index is 0.0102. The second kappa shape index (κ2) is 8.19. The van der Waals surface area contributed by atoms with Crippen LogP contribution < -0.4 is 5.32 Å². The van der Waals surface area contributed by atoms with Crippen molar-refractivity contribution in [1.29, 1.82) is 0 Å². The number of carboxylic acid groups (broad SMARTS) is 1. The number of carbonyl (C=O) groups is 3. The highest BCUT2D eigenvalue weighted by Crippen LogP contribution is 2.33. The lowest BCUT2D eigenvalue weighted by atomic mass is 9.77. The van der Waals surface area contributed by atoms with E-state index in [1.54, 1.807) is 0 Å². The van der Waals surface area contributed by atoms with Crippen LogP contribution in [0.25, 0.3) is 0 Å². The van der Waals surface area contributed by atoms with Gasteiger partial charge in [-0.25, -0.2) is 0 Å². The summed E-state index contributed by atoms with van der Waals surface area (Å²) in [6.07, 6.45) is 8.48. The third kappa shape index (κ3) is 4.33. The van der Waals surface area contributed by atoms with Crippen molar-refractivity contribution in [3.05, 3.63) is 0 Å². The fourth-order valence-corrected chi connectivity index (χ4v) is 4.71. The Hall–Kier alpha value is -1.59. The second-order valence-corrected chi connectivity index (χ2v) is 7.93. The van der Waals surface area contributed by atoms with E-state index in [1.807, 2.05) is 4.90 Å². The molecule has 0 aromatic heterocycles. The van der Waals surface area contributed by atoms with Crippen molar-refractivity contribution in [2.45, 2.75) is 70.3 Å². The summed E-state index contributed by atoms with van der Waals surface area (Å²) in [5.74, 6) is -1.19. The van der Waals surface area contributed by atoms with Crippen LogP contribution in [0.1, 0.15) is 64.2 Å². The summed E-state index contributed by atoms with van der Waals surface area (Å²) in [7, 11) is 0. The first-order valence-corrected chi connectivity index (χ1v) is 9.88. The number of carboxylic acids is 1. The molecule has 2 unspecified atom stereocenters. The molecule has 0 spiro atoms. The van der Waals surface area contributed by atoms with Crippen molar-refractivity contribution in [3.63, 3.8) is 0 Å². The van der Waals surface area contributed by atoms with Gasteiger partial charge < -0.3 is 15.3 Å². The smallest absolute Gasteiger partial charge is 0.306 e. The first-order valence-electron chi connectivity index (χ1n) is 9.88. The second-order valence-electron chi connectivity index (χ2n) is 7.93. The highest BCUT2D eigenvalue weighted by molar-refractivity contribution is 5.88. The number of hydrogen-bond acceptors (Lipinski definition) is 3. The zero-order valence-corrected chi connectivity index (χ0v) is 14.9. The van der Waals surface area contributed by atoms with Gasteiger partial charge in [0.1, 0.15) is 0 Å². The molecular formula is C19H30N2O4. The van der Waals surface area contributed by atoms with Crippen molar-refractivity contribution in [2.75, 3.05) is 13.1 Å². The number of amides is 2. The SMILES string of the molecule is O=C(O)C1CCC(NC(=O)C2CCCCC2C(=O)N2CCCC2)CC1. The molecule has 1 heterocycles. The molecule has 140 valence electrons. The van der Waals surface area contributed by atoms with Crippen LogP contribution in [-0.2, 0) is 14.4 Å². The standard InChI is InChI=1S/C19H30N2O4/c22-17(20-14-9-7-13(8-10-14)19(24)25)15-5-1-2-6-16(15)18(23)21-11-3-4-12-21/h13-16H,1-12H2,(H,20,22)(H,24,25). The van der Waals surface area contributed by atoms with Crippen molar-refractivity contribution < 1.29 is 19.5 Å². The average molecular weight is 350 g/mol.